The molecule has 1 aromatic heterocycles. The molecule has 2 aromatic rings. The van der Waals surface area contributed by atoms with E-state index in [9.17, 15) is 0 Å². The molecule has 0 saturated carbocycles. The smallest absolute Gasteiger partial charge is 0.191 e. The molecule has 0 amide bonds. The number of aryl methyl sites for hydroxylation is 2. The number of hydrogen-bond acceptors (Lipinski definition) is 6. The second kappa shape index (κ2) is 5.91. The van der Waals surface area contributed by atoms with Gasteiger partial charge in [-0.15, -0.1) is 0 Å². The first-order valence-corrected chi connectivity index (χ1v) is 8.20. The van der Waals surface area contributed by atoms with E-state index in [-0.39, 0.29) is 0 Å². The average molecular weight is 301 g/mol. The van der Waals surface area contributed by atoms with Crippen molar-refractivity contribution >= 4 is 29.1 Å². The molecular weight excluding hydrogens is 282 g/mol. The van der Waals surface area contributed by atoms with Gasteiger partial charge in [0.2, 0.25) is 0 Å². The number of rotatable bonds is 3. The van der Waals surface area contributed by atoms with Crippen molar-refractivity contribution in [1.82, 2.24) is 9.97 Å². The van der Waals surface area contributed by atoms with Crippen molar-refractivity contribution in [3.63, 3.8) is 0 Å². The van der Waals surface area contributed by atoms with Crippen molar-refractivity contribution in [3.05, 3.63) is 35.4 Å². The molecule has 0 aliphatic carbocycles. The lowest BCUT2D eigenvalue weighted by Crippen LogP contribution is -2.26. The van der Waals surface area contributed by atoms with Gasteiger partial charge in [0, 0.05) is 18.3 Å². The highest BCUT2D eigenvalue weighted by molar-refractivity contribution is 7.98. The number of nitrogen functional groups attached to an aromatic ring is 1. The maximum Gasteiger partial charge on any atom is 0.191 e. The molecule has 0 fully saturated rings. The molecule has 1 aliphatic rings. The molecule has 0 radical (unpaired) electrons. The molecule has 1 aromatic carbocycles. The van der Waals surface area contributed by atoms with E-state index < -0.39 is 0 Å². The largest absolute Gasteiger partial charge is 0.326 e. The third-order valence-corrected chi connectivity index (χ3v) is 4.20. The Hall–Kier alpha value is -1.79. The minimum absolute atomic E-state index is 0.642. The van der Waals surface area contributed by atoms with E-state index in [1.165, 1.54) is 28.6 Å². The molecule has 6 heteroatoms. The standard InChI is InChI=1S/C15H19N5S/c1-10-5-6-12-11(8-10)4-3-7-20(12)14-9-13(19-16)17-15(18-14)21-2/h5-6,8-9H,3-4,7,16H2,1-2H3,(H,17,18,19). The van der Waals surface area contributed by atoms with Crippen LogP contribution in [0.5, 0.6) is 0 Å². The first-order chi connectivity index (χ1) is 10.2. The van der Waals surface area contributed by atoms with Gasteiger partial charge in [-0.2, -0.15) is 0 Å². The molecule has 110 valence electrons. The summed E-state index contributed by atoms with van der Waals surface area (Å²) in [4.78, 5) is 11.2. The van der Waals surface area contributed by atoms with Crippen LogP contribution in [-0.4, -0.2) is 22.8 Å². The van der Waals surface area contributed by atoms with Gasteiger partial charge in [-0.05, 0) is 37.7 Å². The van der Waals surface area contributed by atoms with Crippen LogP contribution in [0.1, 0.15) is 17.5 Å². The van der Waals surface area contributed by atoms with Crippen molar-refractivity contribution in [2.45, 2.75) is 24.9 Å². The molecule has 3 N–H and O–H groups in total. The second-order valence-corrected chi connectivity index (χ2v) is 5.90. The maximum atomic E-state index is 5.52. The molecule has 0 saturated heterocycles. The first-order valence-electron chi connectivity index (χ1n) is 6.98. The molecule has 3 rings (SSSR count). The molecule has 2 heterocycles. The minimum Gasteiger partial charge on any atom is -0.326 e. The van der Waals surface area contributed by atoms with Crippen LogP contribution in [0, 0.1) is 6.92 Å². The fourth-order valence-electron chi connectivity index (χ4n) is 2.68. The Morgan fingerprint density at radius 1 is 1.29 bits per heavy atom. The van der Waals surface area contributed by atoms with Crippen LogP contribution >= 0.6 is 11.8 Å². The first kappa shape index (κ1) is 14.2. The number of hydrogen-bond donors (Lipinski definition) is 2. The summed E-state index contributed by atoms with van der Waals surface area (Å²) >= 11 is 1.52. The maximum absolute atomic E-state index is 5.52. The Morgan fingerprint density at radius 2 is 2.14 bits per heavy atom. The van der Waals surface area contributed by atoms with Gasteiger partial charge in [-0.3, -0.25) is 0 Å². The monoisotopic (exact) mass is 301 g/mol. The minimum atomic E-state index is 0.642. The third kappa shape index (κ3) is 2.82. The molecular formula is C15H19N5S. The van der Waals surface area contributed by atoms with Crippen LogP contribution in [0.3, 0.4) is 0 Å². The van der Waals surface area contributed by atoms with E-state index in [0.717, 1.165) is 30.4 Å². The van der Waals surface area contributed by atoms with Crippen molar-refractivity contribution in [2.75, 3.05) is 23.1 Å². The summed E-state index contributed by atoms with van der Waals surface area (Å²) in [5.74, 6) is 7.06. The second-order valence-electron chi connectivity index (χ2n) is 5.13. The Kier molecular flexibility index (Phi) is 3.98. The van der Waals surface area contributed by atoms with Crippen LogP contribution < -0.4 is 16.2 Å². The van der Waals surface area contributed by atoms with Gasteiger partial charge in [0.15, 0.2) is 5.16 Å². The fraction of sp³-hybridized carbons (Fsp3) is 0.333. The summed E-state index contributed by atoms with van der Waals surface area (Å²) in [6.07, 6.45) is 4.21. The number of aromatic nitrogens is 2. The van der Waals surface area contributed by atoms with E-state index in [2.05, 4.69) is 45.4 Å². The van der Waals surface area contributed by atoms with Crippen LogP contribution in [0.15, 0.2) is 29.4 Å². The summed E-state index contributed by atoms with van der Waals surface area (Å²) < 4.78 is 0. The Bertz CT molecular complexity index is 636. The van der Waals surface area contributed by atoms with Crippen LogP contribution in [0.4, 0.5) is 17.3 Å². The zero-order valence-electron chi connectivity index (χ0n) is 12.3. The molecule has 0 atom stereocenters. The topological polar surface area (TPSA) is 67.1 Å². The van der Waals surface area contributed by atoms with Gasteiger partial charge >= 0.3 is 0 Å². The van der Waals surface area contributed by atoms with Gasteiger partial charge in [0.1, 0.15) is 11.6 Å². The van der Waals surface area contributed by atoms with E-state index in [1.54, 1.807) is 0 Å². The number of thioether (sulfide) groups is 1. The van der Waals surface area contributed by atoms with Gasteiger partial charge < -0.3 is 10.3 Å². The molecule has 0 spiro atoms. The van der Waals surface area contributed by atoms with Crippen molar-refractivity contribution in [2.24, 2.45) is 5.84 Å². The summed E-state index contributed by atoms with van der Waals surface area (Å²) in [6, 6.07) is 8.49. The van der Waals surface area contributed by atoms with E-state index >= 15 is 0 Å². The lowest BCUT2D eigenvalue weighted by molar-refractivity contribution is 0.752. The SMILES string of the molecule is CSc1nc(NN)cc(N2CCCc3cc(C)ccc32)n1. The van der Waals surface area contributed by atoms with Crippen LogP contribution in [0.25, 0.3) is 0 Å². The fourth-order valence-corrected chi connectivity index (χ4v) is 3.05. The number of nitrogens with one attached hydrogen (secondary N) is 1. The van der Waals surface area contributed by atoms with Crippen molar-refractivity contribution in [1.29, 1.82) is 0 Å². The number of nitrogens with zero attached hydrogens (tertiary/aromatic N) is 3. The molecule has 0 unspecified atom stereocenters. The zero-order chi connectivity index (χ0) is 14.8. The van der Waals surface area contributed by atoms with Crippen LogP contribution in [0.2, 0.25) is 0 Å². The lowest BCUT2D eigenvalue weighted by Gasteiger charge is -2.31. The normalized spacial score (nSPS) is 14.0. The predicted octanol–water partition coefficient (Wildman–Crippen LogP) is 2.88. The molecule has 21 heavy (non-hydrogen) atoms. The van der Waals surface area contributed by atoms with E-state index in [0.29, 0.717) is 5.82 Å². The Balaban J connectivity index is 2.06. The van der Waals surface area contributed by atoms with Gasteiger partial charge in [-0.1, -0.05) is 29.5 Å². The predicted molar refractivity (Wildman–Crippen MR) is 88.1 cm³/mol. The summed E-state index contributed by atoms with van der Waals surface area (Å²) in [5.41, 5.74) is 6.54. The molecule has 1 aliphatic heterocycles. The quantitative estimate of drug-likeness (QED) is 0.393. The number of fused-ring (bicyclic) bond motifs is 1. The van der Waals surface area contributed by atoms with E-state index in [1.807, 2.05) is 12.3 Å². The Labute approximate surface area is 128 Å². The lowest BCUT2D eigenvalue weighted by atomic mass is 9.99. The summed E-state index contributed by atoms with van der Waals surface area (Å²) in [6.45, 7) is 3.09. The molecule has 5 nitrogen and oxygen atoms in total. The van der Waals surface area contributed by atoms with Crippen molar-refractivity contribution < 1.29 is 0 Å². The summed E-state index contributed by atoms with van der Waals surface area (Å²) in [7, 11) is 0. The van der Waals surface area contributed by atoms with Gasteiger partial charge in [-0.25, -0.2) is 15.8 Å². The number of anilines is 3. The average Bonchev–Trinajstić information content (AvgIpc) is 2.53. The Morgan fingerprint density at radius 3 is 2.90 bits per heavy atom. The van der Waals surface area contributed by atoms with E-state index in [4.69, 9.17) is 5.84 Å². The zero-order valence-corrected chi connectivity index (χ0v) is 13.1. The summed E-state index contributed by atoms with van der Waals surface area (Å²) in [5, 5.41) is 0.722. The highest BCUT2D eigenvalue weighted by atomic mass is 32.2. The number of nitrogens with two attached hydrogens (primary N) is 1. The van der Waals surface area contributed by atoms with Crippen molar-refractivity contribution in [3.8, 4) is 0 Å². The highest BCUT2D eigenvalue weighted by Gasteiger charge is 2.20. The van der Waals surface area contributed by atoms with Gasteiger partial charge in [0.05, 0.1) is 0 Å². The third-order valence-electron chi connectivity index (χ3n) is 3.65. The number of hydrazine groups is 1. The number of benzene rings is 1. The highest BCUT2D eigenvalue weighted by Crippen LogP contribution is 2.34. The van der Waals surface area contributed by atoms with Crippen LogP contribution in [-0.2, 0) is 6.42 Å². The van der Waals surface area contributed by atoms with Gasteiger partial charge in [0.25, 0.3) is 0 Å². The molecule has 0 bridgehead atoms.